The van der Waals surface area contributed by atoms with Gasteiger partial charge in [-0.2, -0.15) is 0 Å². The van der Waals surface area contributed by atoms with Crippen molar-refractivity contribution >= 4 is 5.84 Å². The Hall–Kier alpha value is -2.56. The van der Waals surface area contributed by atoms with Crippen molar-refractivity contribution in [2.75, 3.05) is 0 Å². The number of ether oxygens (including phenoxy) is 1. The molecule has 0 fully saturated rings. The summed E-state index contributed by atoms with van der Waals surface area (Å²) < 4.78 is 5.73. The van der Waals surface area contributed by atoms with Crippen LogP contribution in [0.25, 0.3) is 0 Å². The molecule has 0 spiro atoms. The van der Waals surface area contributed by atoms with Gasteiger partial charge in [0.05, 0.1) is 0 Å². The van der Waals surface area contributed by atoms with E-state index in [-0.39, 0.29) is 5.84 Å². The van der Waals surface area contributed by atoms with Crippen LogP contribution in [0.5, 0.6) is 5.75 Å². The van der Waals surface area contributed by atoms with E-state index in [0.717, 1.165) is 24.2 Å². The van der Waals surface area contributed by atoms with Gasteiger partial charge < -0.3 is 15.7 Å². The zero-order valence-electron chi connectivity index (χ0n) is 12.0. The van der Waals surface area contributed by atoms with Crippen molar-refractivity contribution in [2.45, 2.75) is 26.4 Å². The molecule has 0 saturated carbocycles. The average Bonchev–Trinajstić information content (AvgIpc) is 2.54. The largest absolute Gasteiger partial charge is 0.489 e. The van der Waals surface area contributed by atoms with Gasteiger partial charge in [-0.25, -0.2) is 0 Å². The molecule has 0 saturated heterocycles. The fraction of sp³-hybridized carbons (Fsp3) is 0.250. The Labute approximate surface area is 124 Å². The first-order valence-electron chi connectivity index (χ1n) is 6.88. The number of oxime groups is 1. The maximum absolute atomic E-state index is 8.76. The summed E-state index contributed by atoms with van der Waals surface area (Å²) in [6.45, 7) is 2.47. The number of benzene rings is 1. The maximum atomic E-state index is 8.76. The number of rotatable bonds is 6. The molecule has 0 unspecified atom stereocenters. The van der Waals surface area contributed by atoms with E-state index in [2.05, 4.69) is 29.2 Å². The molecule has 0 aliphatic heterocycles. The highest BCUT2D eigenvalue weighted by molar-refractivity contribution is 5.96. The van der Waals surface area contributed by atoms with Crippen molar-refractivity contribution in [3.05, 3.63) is 59.4 Å². The molecule has 5 nitrogen and oxygen atoms in total. The van der Waals surface area contributed by atoms with E-state index in [4.69, 9.17) is 15.7 Å². The molecular formula is C16H19N3O2. The summed E-state index contributed by atoms with van der Waals surface area (Å²) in [5, 5.41) is 11.7. The zero-order valence-corrected chi connectivity index (χ0v) is 12.0. The molecule has 21 heavy (non-hydrogen) atoms. The lowest BCUT2D eigenvalue weighted by atomic mass is 10.1. The lowest BCUT2D eigenvalue weighted by molar-refractivity contribution is 0.304. The predicted molar refractivity (Wildman–Crippen MR) is 81.5 cm³/mol. The van der Waals surface area contributed by atoms with Crippen molar-refractivity contribution in [1.82, 2.24) is 4.98 Å². The van der Waals surface area contributed by atoms with Crippen LogP contribution in [0.15, 0.2) is 47.8 Å². The number of hydrogen-bond donors (Lipinski definition) is 2. The minimum absolute atomic E-state index is 0.0208. The van der Waals surface area contributed by atoms with Gasteiger partial charge in [0.25, 0.3) is 0 Å². The number of pyridine rings is 1. The van der Waals surface area contributed by atoms with Crippen molar-refractivity contribution < 1.29 is 9.94 Å². The van der Waals surface area contributed by atoms with Gasteiger partial charge in [-0.1, -0.05) is 36.7 Å². The van der Waals surface area contributed by atoms with Gasteiger partial charge >= 0.3 is 0 Å². The molecule has 0 aliphatic rings. The second kappa shape index (κ2) is 7.28. The summed E-state index contributed by atoms with van der Waals surface area (Å²) in [5.41, 5.74) is 8.10. The third kappa shape index (κ3) is 3.95. The average molecular weight is 285 g/mol. The molecular weight excluding hydrogens is 266 g/mol. The van der Waals surface area contributed by atoms with Crippen LogP contribution in [-0.4, -0.2) is 16.0 Å². The van der Waals surface area contributed by atoms with Crippen LogP contribution >= 0.6 is 0 Å². The topological polar surface area (TPSA) is 80.7 Å². The van der Waals surface area contributed by atoms with Crippen LogP contribution in [0, 0.1) is 0 Å². The molecule has 0 radical (unpaired) electrons. The van der Waals surface area contributed by atoms with Crippen LogP contribution in [0.3, 0.4) is 0 Å². The smallest absolute Gasteiger partial charge is 0.189 e. The van der Waals surface area contributed by atoms with Gasteiger partial charge in [0.15, 0.2) is 5.84 Å². The Morgan fingerprint density at radius 1 is 1.29 bits per heavy atom. The summed E-state index contributed by atoms with van der Waals surface area (Å²) in [7, 11) is 0. The molecule has 0 atom stereocenters. The minimum Gasteiger partial charge on any atom is -0.489 e. The summed E-state index contributed by atoms with van der Waals surface area (Å²) >= 11 is 0. The quantitative estimate of drug-likeness (QED) is 0.370. The molecule has 0 bridgehead atoms. The predicted octanol–water partition coefficient (Wildman–Crippen LogP) is 2.71. The Morgan fingerprint density at radius 2 is 2.05 bits per heavy atom. The van der Waals surface area contributed by atoms with E-state index >= 15 is 0 Å². The van der Waals surface area contributed by atoms with E-state index < -0.39 is 0 Å². The summed E-state index contributed by atoms with van der Waals surface area (Å²) in [6, 6.07) is 11.6. The molecule has 0 amide bonds. The van der Waals surface area contributed by atoms with E-state index in [1.165, 1.54) is 5.56 Å². The first kappa shape index (κ1) is 14.8. The number of hydrogen-bond acceptors (Lipinski definition) is 4. The van der Waals surface area contributed by atoms with Crippen LogP contribution in [0.1, 0.15) is 30.2 Å². The zero-order chi connectivity index (χ0) is 15.1. The fourth-order valence-electron chi connectivity index (χ4n) is 2.04. The molecule has 1 aromatic carbocycles. The van der Waals surface area contributed by atoms with Gasteiger partial charge in [0.2, 0.25) is 0 Å². The molecule has 0 aliphatic carbocycles. The maximum Gasteiger partial charge on any atom is 0.189 e. The van der Waals surface area contributed by atoms with Crippen LogP contribution in [-0.2, 0) is 13.0 Å². The Bertz CT molecular complexity index is 609. The van der Waals surface area contributed by atoms with Crippen molar-refractivity contribution in [1.29, 1.82) is 0 Å². The molecule has 1 aromatic heterocycles. The van der Waals surface area contributed by atoms with Gasteiger partial charge in [-0.3, -0.25) is 4.98 Å². The minimum atomic E-state index is -0.0208. The third-order valence-electron chi connectivity index (χ3n) is 3.10. The van der Waals surface area contributed by atoms with E-state index in [0.29, 0.717) is 12.3 Å². The standard InChI is InChI=1S/C16H19N3O2/c1-2-4-12-6-8-14(9-7-12)21-11-13-5-3-10-18-15(13)16(17)19-20/h3,5-10,20H,2,4,11H2,1H3,(H2,17,19). The number of nitrogens with two attached hydrogens (primary N) is 1. The van der Waals surface area contributed by atoms with Crippen molar-refractivity contribution in [3.63, 3.8) is 0 Å². The van der Waals surface area contributed by atoms with Crippen molar-refractivity contribution in [3.8, 4) is 5.75 Å². The van der Waals surface area contributed by atoms with Gasteiger partial charge in [0.1, 0.15) is 18.1 Å². The normalized spacial score (nSPS) is 11.4. The Balaban J connectivity index is 2.06. The first-order valence-corrected chi connectivity index (χ1v) is 6.88. The SMILES string of the molecule is CCCc1ccc(OCc2cccnc2C(N)=NO)cc1. The lowest BCUT2D eigenvalue weighted by Gasteiger charge is -2.10. The van der Waals surface area contributed by atoms with E-state index in [1.807, 2.05) is 18.2 Å². The fourth-order valence-corrected chi connectivity index (χ4v) is 2.04. The second-order valence-corrected chi connectivity index (χ2v) is 4.68. The number of amidine groups is 1. The second-order valence-electron chi connectivity index (χ2n) is 4.68. The van der Waals surface area contributed by atoms with Gasteiger partial charge in [-0.05, 0) is 30.2 Å². The van der Waals surface area contributed by atoms with Crippen molar-refractivity contribution in [2.24, 2.45) is 10.9 Å². The lowest BCUT2D eigenvalue weighted by Crippen LogP contribution is -2.18. The van der Waals surface area contributed by atoms with Crippen LogP contribution in [0.4, 0.5) is 0 Å². The monoisotopic (exact) mass is 285 g/mol. The third-order valence-corrected chi connectivity index (χ3v) is 3.10. The molecule has 5 heteroatoms. The molecule has 110 valence electrons. The summed E-state index contributed by atoms with van der Waals surface area (Å²) in [6.07, 6.45) is 3.78. The number of nitrogens with zero attached hydrogens (tertiary/aromatic N) is 2. The Morgan fingerprint density at radius 3 is 2.71 bits per heavy atom. The number of aryl methyl sites for hydroxylation is 1. The first-order chi connectivity index (χ1) is 10.2. The highest BCUT2D eigenvalue weighted by atomic mass is 16.5. The molecule has 1 heterocycles. The molecule has 2 rings (SSSR count). The van der Waals surface area contributed by atoms with Crippen LogP contribution < -0.4 is 10.5 Å². The van der Waals surface area contributed by atoms with E-state index in [9.17, 15) is 0 Å². The van der Waals surface area contributed by atoms with Crippen LogP contribution in [0.2, 0.25) is 0 Å². The summed E-state index contributed by atoms with van der Waals surface area (Å²) in [5.74, 6) is 0.761. The van der Waals surface area contributed by atoms with Gasteiger partial charge in [0, 0.05) is 11.8 Å². The summed E-state index contributed by atoms with van der Waals surface area (Å²) in [4.78, 5) is 4.10. The van der Waals surface area contributed by atoms with Gasteiger partial charge in [-0.15, -0.1) is 0 Å². The highest BCUT2D eigenvalue weighted by Gasteiger charge is 2.08. The molecule has 3 N–H and O–H groups in total. The molecule has 2 aromatic rings. The van der Waals surface area contributed by atoms with E-state index in [1.54, 1.807) is 12.3 Å². The highest BCUT2D eigenvalue weighted by Crippen LogP contribution is 2.16. The Kier molecular flexibility index (Phi) is 5.15. The number of aromatic nitrogens is 1.